The Hall–Kier alpha value is -1.29. The fraction of sp³-hybridized carbons (Fsp3) is 0.125. The number of nitriles is 1. The van der Waals surface area contributed by atoms with Crippen molar-refractivity contribution < 1.29 is 0 Å². The van der Waals surface area contributed by atoms with E-state index in [1.165, 1.54) is 0 Å². The zero-order valence-corrected chi connectivity index (χ0v) is 5.30. The summed E-state index contributed by atoms with van der Waals surface area (Å²) in [6, 6.07) is 2.02. The van der Waals surface area contributed by atoms with E-state index >= 15 is 0 Å². The molecule has 0 fully saturated rings. The molecule has 0 amide bonds. The lowest BCUT2D eigenvalue weighted by Crippen LogP contribution is -1.71. The van der Waals surface area contributed by atoms with Crippen LogP contribution in [-0.4, -0.2) is 0 Å². The van der Waals surface area contributed by atoms with Crippen LogP contribution in [-0.2, 0) is 0 Å². The van der Waals surface area contributed by atoms with Crippen LogP contribution in [0.4, 0.5) is 0 Å². The Labute approximate surface area is 55.6 Å². The molecule has 0 N–H and O–H groups in total. The van der Waals surface area contributed by atoms with Gasteiger partial charge in [0.2, 0.25) is 0 Å². The molecule has 1 nitrogen and oxygen atoms in total. The molecule has 9 heavy (non-hydrogen) atoms. The van der Waals surface area contributed by atoms with Gasteiger partial charge in [0.05, 0.1) is 12.5 Å². The summed E-state index contributed by atoms with van der Waals surface area (Å²) in [5, 5.41) is 8.22. The Balaban J connectivity index is 4.00. The molecule has 0 atom stereocenters. The molecule has 46 valence electrons. The Morgan fingerprint density at radius 3 is 2.56 bits per heavy atom. The Kier molecular flexibility index (Phi) is 4.16. The lowest BCUT2D eigenvalue weighted by Gasteiger charge is -1.87. The summed E-state index contributed by atoms with van der Waals surface area (Å²) in [6.45, 7) is 7.03. The summed E-state index contributed by atoms with van der Waals surface area (Å²) < 4.78 is 0. The van der Waals surface area contributed by atoms with Crippen LogP contribution in [0.1, 0.15) is 6.42 Å². The summed E-state index contributed by atoms with van der Waals surface area (Å²) >= 11 is 0. The third-order valence-corrected chi connectivity index (χ3v) is 0.877. The minimum absolute atomic E-state index is 0.412. The number of allylic oxidation sites excluding steroid dienone is 4. The number of hydrogen-bond donors (Lipinski definition) is 0. The highest BCUT2D eigenvalue weighted by Crippen LogP contribution is 1.99. The van der Waals surface area contributed by atoms with Crippen LogP contribution in [0.25, 0.3) is 0 Å². The van der Waals surface area contributed by atoms with Gasteiger partial charge in [-0.1, -0.05) is 31.4 Å². The van der Waals surface area contributed by atoms with Crippen LogP contribution in [0.5, 0.6) is 0 Å². The molecule has 0 saturated heterocycles. The summed E-state index contributed by atoms with van der Waals surface area (Å²) in [5.74, 6) is 0. The van der Waals surface area contributed by atoms with Gasteiger partial charge in [-0.3, -0.25) is 0 Å². The average molecular weight is 119 g/mol. The van der Waals surface area contributed by atoms with E-state index in [9.17, 15) is 0 Å². The van der Waals surface area contributed by atoms with Crippen LogP contribution in [0, 0.1) is 11.3 Å². The topological polar surface area (TPSA) is 23.8 Å². The molecule has 0 aromatic rings. The zero-order chi connectivity index (χ0) is 7.11. The first-order valence-electron chi connectivity index (χ1n) is 2.66. The van der Waals surface area contributed by atoms with E-state index < -0.39 is 0 Å². The minimum Gasteiger partial charge on any atom is -0.198 e. The Morgan fingerprint density at radius 2 is 2.22 bits per heavy atom. The second kappa shape index (κ2) is 4.86. The Bertz CT molecular complexity index is 169. The molecular formula is C8H9N. The van der Waals surface area contributed by atoms with E-state index in [0.717, 1.165) is 5.57 Å². The van der Waals surface area contributed by atoms with Gasteiger partial charge in [-0.15, -0.1) is 0 Å². The van der Waals surface area contributed by atoms with Crippen molar-refractivity contribution in [1.82, 2.24) is 0 Å². The van der Waals surface area contributed by atoms with Crippen molar-refractivity contribution in [3.63, 3.8) is 0 Å². The lowest BCUT2D eigenvalue weighted by molar-refractivity contribution is 1.28. The predicted molar refractivity (Wildman–Crippen MR) is 38.7 cm³/mol. The third kappa shape index (κ3) is 3.31. The maximum atomic E-state index is 8.22. The van der Waals surface area contributed by atoms with Crippen molar-refractivity contribution >= 4 is 0 Å². The van der Waals surface area contributed by atoms with Crippen molar-refractivity contribution in [3.8, 4) is 6.07 Å². The molecular weight excluding hydrogens is 110 g/mol. The molecule has 0 bridgehead atoms. The van der Waals surface area contributed by atoms with Gasteiger partial charge in [0, 0.05) is 0 Å². The fourth-order valence-electron chi connectivity index (χ4n) is 0.442. The summed E-state index contributed by atoms with van der Waals surface area (Å²) in [4.78, 5) is 0. The highest BCUT2D eigenvalue weighted by Gasteiger charge is 1.84. The average Bonchev–Trinajstić information content (AvgIpc) is 1.88. The molecule has 0 spiro atoms. The molecule has 1 heteroatoms. The highest BCUT2D eigenvalue weighted by molar-refractivity contribution is 5.23. The molecule has 0 aliphatic carbocycles. The van der Waals surface area contributed by atoms with Crippen LogP contribution >= 0.6 is 0 Å². The maximum Gasteiger partial charge on any atom is 0.0669 e. The fourth-order valence-corrected chi connectivity index (χ4v) is 0.442. The van der Waals surface area contributed by atoms with Gasteiger partial charge < -0.3 is 0 Å². The molecule has 0 radical (unpaired) electrons. The quantitative estimate of drug-likeness (QED) is 0.522. The number of rotatable bonds is 3. The molecule has 0 unspecified atom stereocenters. The normalized spacial score (nSPS) is 9.89. The van der Waals surface area contributed by atoms with Crippen molar-refractivity contribution in [2.45, 2.75) is 6.42 Å². The van der Waals surface area contributed by atoms with Gasteiger partial charge in [-0.25, -0.2) is 0 Å². The second-order valence-corrected chi connectivity index (χ2v) is 1.52. The van der Waals surface area contributed by atoms with Gasteiger partial charge in [0.25, 0.3) is 0 Å². The van der Waals surface area contributed by atoms with Crippen molar-refractivity contribution in [2.24, 2.45) is 0 Å². The predicted octanol–water partition coefficient (Wildman–Crippen LogP) is 2.20. The van der Waals surface area contributed by atoms with E-state index in [4.69, 9.17) is 5.26 Å². The lowest BCUT2D eigenvalue weighted by atomic mass is 10.2. The zero-order valence-electron chi connectivity index (χ0n) is 5.30. The monoisotopic (exact) mass is 119 g/mol. The van der Waals surface area contributed by atoms with Gasteiger partial charge >= 0.3 is 0 Å². The van der Waals surface area contributed by atoms with Gasteiger partial charge in [-0.05, 0) is 5.57 Å². The molecule has 0 aliphatic rings. The van der Waals surface area contributed by atoms with E-state index in [0.29, 0.717) is 6.42 Å². The molecule has 0 heterocycles. The largest absolute Gasteiger partial charge is 0.198 e. The third-order valence-electron chi connectivity index (χ3n) is 0.877. The van der Waals surface area contributed by atoms with Crippen LogP contribution < -0.4 is 0 Å². The second-order valence-electron chi connectivity index (χ2n) is 1.52. The minimum atomic E-state index is 0.412. The molecule has 0 saturated carbocycles. The summed E-state index contributed by atoms with van der Waals surface area (Å²) in [5.41, 5.74) is 0.910. The van der Waals surface area contributed by atoms with Crippen LogP contribution in [0.2, 0.25) is 0 Å². The first kappa shape index (κ1) is 7.71. The Morgan fingerprint density at radius 1 is 1.56 bits per heavy atom. The summed E-state index contributed by atoms with van der Waals surface area (Å²) in [7, 11) is 0. The number of nitrogens with zero attached hydrogens (tertiary/aromatic N) is 1. The molecule has 0 aliphatic heterocycles. The molecule has 0 aromatic heterocycles. The van der Waals surface area contributed by atoms with Gasteiger partial charge in [0.1, 0.15) is 0 Å². The van der Waals surface area contributed by atoms with Crippen molar-refractivity contribution in [1.29, 1.82) is 5.26 Å². The van der Waals surface area contributed by atoms with E-state index in [1.807, 2.05) is 6.07 Å². The van der Waals surface area contributed by atoms with E-state index in [2.05, 4.69) is 13.2 Å². The van der Waals surface area contributed by atoms with Gasteiger partial charge in [0.15, 0.2) is 0 Å². The molecule has 0 aromatic carbocycles. The van der Waals surface area contributed by atoms with Crippen molar-refractivity contribution in [3.05, 3.63) is 37.0 Å². The van der Waals surface area contributed by atoms with E-state index in [-0.39, 0.29) is 0 Å². The van der Waals surface area contributed by atoms with Gasteiger partial charge in [-0.2, -0.15) is 5.26 Å². The molecule has 0 rings (SSSR count). The van der Waals surface area contributed by atoms with Crippen molar-refractivity contribution in [2.75, 3.05) is 0 Å². The van der Waals surface area contributed by atoms with Crippen LogP contribution in [0.3, 0.4) is 0 Å². The van der Waals surface area contributed by atoms with E-state index in [1.54, 1.807) is 18.2 Å². The first-order valence-corrected chi connectivity index (χ1v) is 2.66. The standard InChI is InChI=1S/C8H9N/c1-3-5-8(4-2)6-7-9/h3-5H,1-2,6H2/b8-5+. The smallest absolute Gasteiger partial charge is 0.0669 e. The summed E-state index contributed by atoms with van der Waals surface area (Å²) in [6.07, 6.45) is 5.49. The highest BCUT2D eigenvalue weighted by atomic mass is 14.2. The maximum absolute atomic E-state index is 8.22. The SMILES string of the molecule is C=C/C=C(\C=C)CC#N. The van der Waals surface area contributed by atoms with Crippen LogP contribution in [0.15, 0.2) is 37.0 Å². The number of hydrogen-bond acceptors (Lipinski definition) is 1. The first-order chi connectivity index (χ1) is 4.35.